The number of nitrogens with one attached hydrogen (secondary N) is 1. The van der Waals surface area contributed by atoms with Gasteiger partial charge in [0.25, 0.3) is 0 Å². The van der Waals surface area contributed by atoms with E-state index < -0.39 is 0 Å². The van der Waals surface area contributed by atoms with Crippen LogP contribution in [-0.4, -0.2) is 36.3 Å². The predicted molar refractivity (Wildman–Crippen MR) is 73.3 cm³/mol. The smallest absolute Gasteiger partial charge is 0.0590 e. The van der Waals surface area contributed by atoms with E-state index >= 15 is 0 Å². The Morgan fingerprint density at radius 1 is 1.38 bits per heavy atom. The van der Waals surface area contributed by atoms with Crippen molar-refractivity contribution in [1.29, 1.82) is 0 Å². The molecular weight excluding hydrogens is 218 g/mol. The van der Waals surface area contributed by atoms with Gasteiger partial charge in [0.05, 0.1) is 6.10 Å². The van der Waals surface area contributed by atoms with Crippen molar-refractivity contribution in [3.05, 3.63) is 0 Å². The van der Waals surface area contributed by atoms with Crippen LogP contribution in [0.15, 0.2) is 0 Å². The monoisotopic (exact) mass is 245 g/mol. The van der Waals surface area contributed by atoms with Crippen LogP contribution >= 0.6 is 11.8 Å². The third-order valence-electron chi connectivity index (χ3n) is 3.11. The van der Waals surface area contributed by atoms with Crippen molar-refractivity contribution in [2.45, 2.75) is 64.6 Å². The minimum atomic E-state index is 0.514. The fourth-order valence-electron chi connectivity index (χ4n) is 2.27. The third-order valence-corrected chi connectivity index (χ3v) is 4.04. The number of rotatable bonds is 8. The second-order valence-corrected chi connectivity index (χ2v) is 6.22. The Hall–Kier alpha value is 0.270. The topological polar surface area (TPSA) is 21.3 Å². The molecule has 0 radical (unpaired) electrons. The van der Waals surface area contributed by atoms with E-state index in [1.165, 1.54) is 37.2 Å². The van der Waals surface area contributed by atoms with E-state index in [4.69, 9.17) is 4.74 Å². The van der Waals surface area contributed by atoms with Crippen molar-refractivity contribution in [2.75, 3.05) is 18.1 Å². The van der Waals surface area contributed by atoms with Crippen molar-refractivity contribution in [1.82, 2.24) is 5.32 Å². The molecule has 3 unspecified atom stereocenters. The van der Waals surface area contributed by atoms with Crippen LogP contribution in [0.1, 0.15) is 46.5 Å². The second-order valence-electron chi connectivity index (χ2n) is 4.83. The minimum absolute atomic E-state index is 0.514. The normalized spacial score (nSPS) is 24.6. The summed E-state index contributed by atoms with van der Waals surface area (Å²) in [5, 5.41) is 3.67. The Labute approximate surface area is 105 Å². The van der Waals surface area contributed by atoms with Crippen molar-refractivity contribution in [3.63, 3.8) is 0 Å². The zero-order valence-electron chi connectivity index (χ0n) is 11.0. The molecule has 0 spiro atoms. The van der Waals surface area contributed by atoms with Crippen LogP contribution in [-0.2, 0) is 4.74 Å². The summed E-state index contributed by atoms with van der Waals surface area (Å²) in [6, 6.07) is 1.22. The largest absolute Gasteiger partial charge is 0.378 e. The molecule has 1 aliphatic heterocycles. The third kappa shape index (κ3) is 6.12. The quantitative estimate of drug-likeness (QED) is 0.664. The fraction of sp³-hybridized carbons (Fsp3) is 1.00. The average Bonchev–Trinajstić information content (AvgIpc) is 2.70. The molecule has 0 amide bonds. The first-order valence-electron chi connectivity index (χ1n) is 6.67. The van der Waals surface area contributed by atoms with Crippen LogP contribution in [0.3, 0.4) is 0 Å². The molecule has 0 saturated carbocycles. The van der Waals surface area contributed by atoms with Crippen LogP contribution in [0.4, 0.5) is 0 Å². The van der Waals surface area contributed by atoms with Crippen molar-refractivity contribution < 1.29 is 4.74 Å². The molecule has 0 aromatic carbocycles. The summed E-state index contributed by atoms with van der Waals surface area (Å²) in [7, 11) is 0. The first kappa shape index (κ1) is 14.3. The maximum atomic E-state index is 5.66. The average molecular weight is 245 g/mol. The van der Waals surface area contributed by atoms with Gasteiger partial charge in [-0.05, 0) is 51.0 Å². The maximum Gasteiger partial charge on any atom is 0.0590 e. The zero-order chi connectivity index (χ0) is 11.8. The van der Waals surface area contributed by atoms with E-state index in [1.807, 2.05) is 11.8 Å². The van der Waals surface area contributed by atoms with Gasteiger partial charge < -0.3 is 10.1 Å². The number of hydrogen-bond donors (Lipinski definition) is 1. The lowest BCUT2D eigenvalue weighted by atomic mass is 10.1. The van der Waals surface area contributed by atoms with E-state index in [1.54, 1.807) is 0 Å². The van der Waals surface area contributed by atoms with E-state index in [2.05, 4.69) is 26.1 Å². The van der Waals surface area contributed by atoms with Crippen molar-refractivity contribution in [3.8, 4) is 0 Å². The van der Waals surface area contributed by atoms with E-state index in [0.29, 0.717) is 18.2 Å². The number of hydrogen-bond acceptors (Lipinski definition) is 3. The molecule has 3 heteroatoms. The summed E-state index contributed by atoms with van der Waals surface area (Å²) < 4.78 is 5.66. The van der Waals surface area contributed by atoms with Crippen LogP contribution in [0.2, 0.25) is 0 Å². The highest BCUT2D eigenvalue weighted by molar-refractivity contribution is 7.99. The maximum absolute atomic E-state index is 5.66. The lowest BCUT2D eigenvalue weighted by molar-refractivity contribution is 0.0952. The van der Waals surface area contributed by atoms with Crippen molar-refractivity contribution >= 4 is 11.8 Å². The molecule has 16 heavy (non-hydrogen) atoms. The van der Waals surface area contributed by atoms with E-state index in [0.717, 1.165) is 6.61 Å². The first-order chi connectivity index (χ1) is 7.72. The second kappa shape index (κ2) is 8.37. The predicted octanol–water partition coefficient (Wildman–Crippen LogP) is 3.07. The Balaban J connectivity index is 2.05. The Bertz CT molecular complexity index is 171. The summed E-state index contributed by atoms with van der Waals surface area (Å²) in [6.45, 7) is 7.77. The van der Waals surface area contributed by atoms with E-state index in [9.17, 15) is 0 Å². The molecule has 3 atom stereocenters. The lowest BCUT2D eigenvalue weighted by Gasteiger charge is -2.22. The number of thioether (sulfide) groups is 1. The molecule has 1 fully saturated rings. The minimum Gasteiger partial charge on any atom is -0.378 e. The summed E-state index contributed by atoms with van der Waals surface area (Å²) in [5.41, 5.74) is 0. The molecule has 96 valence electrons. The first-order valence-corrected chi connectivity index (χ1v) is 7.83. The van der Waals surface area contributed by atoms with Crippen LogP contribution in [0, 0.1) is 0 Å². The van der Waals surface area contributed by atoms with Crippen LogP contribution in [0.5, 0.6) is 0 Å². The van der Waals surface area contributed by atoms with Crippen LogP contribution in [0.25, 0.3) is 0 Å². The summed E-state index contributed by atoms with van der Waals surface area (Å²) in [4.78, 5) is 0. The molecule has 0 aromatic heterocycles. The van der Waals surface area contributed by atoms with Gasteiger partial charge in [-0.15, -0.1) is 0 Å². The molecule has 2 nitrogen and oxygen atoms in total. The van der Waals surface area contributed by atoms with Crippen molar-refractivity contribution in [2.24, 2.45) is 0 Å². The van der Waals surface area contributed by atoms with Gasteiger partial charge in [-0.1, -0.05) is 6.92 Å². The van der Waals surface area contributed by atoms with Gasteiger partial charge in [0.15, 0.2) is 0 Å². The Morgan fingerprint density at radius 3 is 2.81 bits per heavy atom. The molecule has 1 rings (SSSR count). The SMILES string of the molecule is CCSCCC(C)NC(C)CC1CCCO1. The van der Waals surface area contributed by atoms with Gasteiger partial charge in [0.1, 0.15) is 0 Å². The molecule has 0 bridgehead atoms. The summed E-state index contributed by atoms with van der Waals surface area (Å²) in [6.07, 6.45) is 5.46. The Kier molecular flexibility index (Phi) is 7.50. The van der Waals surface area contributed by atoms with Gasteiger partial charge >= 0.3 is 0 Å². The van der Waals surface area contributed by atoms with E-state index in [-0.39, 0.29) is 0 Å². The molecule has 1 saturated heterocycles. The molecule has 1 aliphatic rings. The highest BCUT2D eigenvalue weighted by Crippen LogP contribution is 2.17. The zero-order valence-corrected chi connectivity index (χ0v) is 11.8. The van der Waals surface area contributed by atoms with Gasteiger partial charge in [-0.3, -0.25) is 0 Å². The van der Waals surface area contributed by atoms with Gasteiger partial charge in [-0.2, -0.15) is 11.8 Å². The molecule has 0 aliphatic carbocycles. The molecular formula is C13H27NOS. The molecule has 0 aromatic rings. The van der Waals surface area contributed by atoms with Gasteiger partial charge in [0, 0.05) is 18.7 Å². The fourth-order valence-corrected chi connectivity index (χ4v) is 3.07. The molecule has 1 heterocycles. The summed E-state index contributed by atoms with van der Waals surface area (Å²) in [5.74, 6) is 2.51. The highest BCUT2D eigenvalue weighted by Gasteiger charge is 2.18. The lowest BCUT2D eigenvalue weighted by Crippen LogP contribution is -2.37. The number of ether oxygens (including phenoxy) is 1. The van der Waals surface area contributed by atoms with Gasteiger partial charge in [0.2, 0.25) is 0 Å². The van der Waals surface area contributed by atoms with Gasteiger partial charge in [-0.25, -0.2) is 0 Å². The summed E-state index contributed by atoms with van der Waals surface area (Å²) >= 11 is 2.03. The highest BCUT2D eigenvalue weighted by atomic mass is 32.2. The molecule has 1 N–H and O–H groups in total. The standard InChI is InChI=1S/C13H27NOS/c1-4-16-9-7-11(2)14-12(3)10-13-6-5-8-15-13/h11-14H,4-10H2,1-3H3. The Morgan fingerprint density at radius 2 is 2.19 bits per heavy atom. The van der Waals surface area contributed by atoms with Crippen LogP contribution < -0.4 is 5.32 Å².